The van der Waals surface area contributed by atoms with Crippen molar-refractivity contribution in [2.45, 2.75) is 13.2 Å². The van der Waals surface area contributed by atoms with Crippen LogP contribution < -0.4 is 10.1 Å². The Labute approximate surface area is 207 Å². The lowest BCUT2D eigenvalue weighted by atomic mass is 10.1. The van der Waals surface area contributed by atoms with Gasteiger partial charge in [-0.25, -0.2) is 0 Å². The number of carbonyl (C=O) groups is 1. The molecule has 1 amide bonds. The number of ether oxygens (including phenoxy) is 1. The number of benzene rings is 3. The number of anilines is 1. The fourth-order valence-corrected chi connectivity index (χ4v) is 3.98. The molecule has 4 aromatic rings. The number of halogens is 3. The molecule has 8 heteroatoms. The third-order valence-electron chi connectivity index (χ3n) is 4.63. The van der Waals surface area contributed by atoms with Crippen molar-refractivity contribution in [1.29, 1.82) is 0 Å². The van der Waals surface area contributed by atoms with Gasteiger partial charge in [0.05, 0.1) is 15.5 Å². The van der Waals surface area contributed by atoms with Crippen molar-refractivity contribution in [2.24, 2.45) is 0 Å². The minimum Gasteiger partial charge on any atom is -0.488 e. The average Bonchev–Trinajstić information content (AvgIpc) is 3.13. The van der Waals surface area contributed by atoms with E-state index in [1.807, 2.05) is 72.9 Å². The topological polar surface area (TPSA) is 56.2 Å². The molecule has 1 aromatic heterocycles. The Bertz CT molecular complexity index is 1240. The Hall–Kier alpha value is -2.61. The summed E-state index contributed by atoms with van der Waals surface area (Å²) >= 11 is 12.9. The molecule has 162 valence electrons. The van der Waals surface area contributed by atoms with E-state index in [0.717, 1.165) is 21.3 Å². The first-order valence-corrected chi connectivity index (χ1v) is 11.7. The van der Waals surface area contributed by atoms with Crippen LogP contribution in [0.4, 0.5) is 5.82 Å². The summed E-state index contributed by atoms with van der Waals surface area (Å²) in [4.78, 5) is 12.8. The molecule has 0 aliphatic heterocycles. The molecule has 0 spiro atoms. The summed E-state index contributed by atoms with van der Waals surface area (Å²) < 4.78 is 9.19. The maximum absolute atomic E-state index is 12.8. The first-order valence-electron chi connectivity index (χ1n) is 9.73. The molecule has 0 saturated carbocycles. The first-order chi connectivity index (χ1) is 15.5. The first kappa shape index (κ1) is 22.6. The quantitative estimate of drug-likeness (QED) is 0.260. The number of rotatable bonds is 7. The van der Waals surface area contributed by atoms with Crippen LogP contribution in [-0.4, -0.2) is 15.7 Å². The van der Waals surface area contributed by atoms with Crippen molar-refractivity contribution >= 4 is 55.2 Å². The van der Waals surface area contributed by atoms with Gasteiger partial charge in [-0.15, -0.1) is 0 Å². The fourth-order valence-electron chi connectivity index (χ4n) is 3.04. The lowest BCUT2D eigenvalue weighted by Gasteiger charge is -2.09. The second-order valence-corrected chi connectivity index (χ2v) is 9.17. The molecule has 0 aliphatic carbocycles. The largest absolute Gasteiger partial charge is 0.488 e. The van der Waals surface area contributed by atoms with E-state index in [-0.39, 0.29) is 5.91 Å². The second kappa shape index (κ2) is 10.3. The molecule has 0 unspecified atom stereocenters. The van der Waals surface area contributed by atoms with Crippen LogP contribution in [0.15, 0.2) is 87.9 Å². The van der Waals surface area contributed by atoms with E-state index in [0.29, 0.717) is 34.0 Å². The second-order valence-electron chi connectivity index (χ2n) is 7.02. The summed E-state index contributed by atoms with van der Waals surface area (Å²) in [6.07, 6.45) is 1.83. The van der Waals surface area contributed by atoms with E-state index in [1.54, 1.807) is 10.7 Å². The highest BCUT2D eigenvalue weighted by atomic mass is 79.9. The van der Waals surface area contributed by atoms with Crippen molar-refractivity contribution in [3.8, 4) is 5.75 Å². The normalized spacial score (nSPS) is 10.7. The molecule has 0 aliphatic rings. The molecule has 0 saturated heterocycles. The van der Waals surface area contributed by atoms with Crippen LogP contribution in [0.3, 0.4) is 0 Å². The van der Waals surface area contributed by atoms with Crippen molar-refractivity contribution < 1.29 is 9.53 Å². The van der Waals surface area contributed by atoms with E-state index in [4.69, 9.17) is 16.3 Å². The van der Waals surface area contributed by atoms with E-state index >= 15 is 0 Å². The van der Waals surface area contributed by atoms with Crippen LogP contribution >= 0.6 is 43.5 Å². The van der Waals surface area contributed by atoms with E-state index in [1.165, 1.54) is 0 Å². The van der Waals surface area contributed by atoms with E-state index in [2.05, 4.69) is 42.3 Å². The van der Waals surface area contributed by atoms with Gasteiger partial charge >= 0.3 is 0 Å². The Balaban J connectivity index is 1.41. The maximum Gasteiger partial charge on any atom is 0.256 e. The number of nitrogens with zero attached hydrogens (tertiary/aromatic N) is 2. The number of hydrogen-bond donors (Lipinski definition) is 1. The summed E-state index contributed by atoms with van der Waals surface area (Å²) in [5, 5.41) is 8.03. The monoisotopic (exact) mass is 573 g/mol. The molecule has 0 bridgehead atoms. The smallest absolute Gasteiger partial charge is 0.256 e. The van der Waals surface area contributed by atoms with E-state index in [9.17, 15) is 4.79 Å². The van der Waals surface area contributed by atoms with Gasteiger partial charge in [0.25, 0.3) is 5.91 Å². The molecule has 1 heterocycles. The van der Waals surface area contributed by atoms with Crippen molar-refractivity contribution in [3.63, 3.8) is 0 Å². The number of hydrogen-bond acceptors (Lipinski definition) is 3. The summed E-state index contributed by atoms with van der Waals surface area (Å²) in [5.74, 6) is 0.960. The number of aromatic nitrogens is 2. The standard InChI is InChI=1S/C24H18Br2ClN3O2/c25-20-6-1-2-7-22(20)32-15-17-4-3-5-18(12-17)24(31)28-23-21(26)14-30(29-23)13-16-8-10-19(27)11-9-16/h1-12,14H,13,15H2,(H,28,29,31). The lowest BCUT2D eigenvalue weighted by Crippen LogP contribution is -2.13. The zero-order chi connectivity index (χ0) is 22.5. The van der Waals surface area contributed by atoms with Crippen LogP contribution in [0.5, 0.6) is 5.75 Å². The van der Waals surface area contributed by atoms with Crippen LogP contribution in [-0.2, 0) is 13.2 Å². The minimum absolute atomic E-state index is 0.245. The Kier molecular flexibility index (Phi) is 7.29. The van der Waals surface area contributed by atoms with Crippen LogP contribution in [0.25, 0.3) is 0 Å². The zero-order valence-electron chi connectivity index (χ0n) is 16.8. The number of amides is 1. The maximum atomic E-state index is 12.8. The average molecular weight is 576 g/mol. The van der Waals surface area contributed by atoms with Gasteiger partial charge in [0.2, 0.25) is 0 Å². The fraction of sp³-hybridized carbons (Fsp3) is 0.0833. The van der Waals surface area contributed by atoms with Gasteiger partial charge in [0.15, 0.2) is 5.82 Å². The van der Waals surface area contributed by atoms with Crippen LogP contribution in [0.1, 0.15) is 21.5 Å². The van der Waals surface area contributed by atoms with Gasteiger partial charge in [0, 0.05) is 16.8 Å². The van der Waals surface area contributed by atoms with Gasteiger partial charge in [0.1, 0.15) is 12.4 Å². The zero-order valence-corrected chi connectivity index (χ0v) is 20.7. The Morgan fingerprint density at radius 1 is 0.969 bits per heavy atom. The summed E-state index contributed by atoms with van der Waals surface area (Å²) in [6.45, 7) is 0.913. The molecular formula is C24H18Br2ClN3O2. The Morgan fingerprint density at radius 3 is 2.53 bits per heavy atom. The third-order valence-corrected chi connectivity index (χ3v) is 6.11. The molecule has 5 nitrogen and oxygen atoms in total. The van der Waals surface area contributed by atoms with Gasteiger partial charge < -0.3 is 10.1 Å². The molecule has 1 N–H and O–H groups in total. The highest BCUT2D eigenvalue weighted by Crippen LogP contribution is 2.25. The lowest BCUT2D eigenvalue weighted by molar-refractivity contribution is 0.102. The van der Waals surface area contributed by atoms with Gasteiger partial charge in [-0.3, -0.25) is 9.48 Å². The van der Waals surface area contributed by atoms with Gasteiger partial charge in [-0.1, -0.05) is 48.0 Å². The highest BCUT2D eigenvalue weighted by Gasteiger charge is 2.13. The van der Waals surface area contributed by atoms with Crippen molar-refractivity contribution in [1.82, 2.24) is 9.78 Å². The molecule has 0 fully saturated rings. The van der Waals surface area contributed by atoms with Crippen molar-refractivity contribution in [3.05, 3.63) is 110 Å². The Morgan fingerprint density at radius 2 is 1.75 bits per heavy atom. The highest BCUT2D eigenvalue weighted by molar-refractivity contribution is 9.11. The molecule has 0 radical (unpaired) electrons. The van der Waals surface area contributed by atoms with Gasteiger partial charge in [-0.2, -0.15) is 5.10 Å². The predicted molar refractivity (Wildman–Crippen MR) is 133 cm³/mol. The SMILES string of the molecule is O=C(Nc1nn(Cc2ccc(Cl)cc2)cc1Br)c1cccc(COc2ccccc2Br)c1. The van der Waals surface area contributed by atoms with E-state index < -0.39 is 0 Å². The summed E-state index contributed by atoms with van der Waals surface area (Å²) in [6, 6.07) is 22.5. The number of para-hydroxylation sites is 1. The van der Waals surface area contributed by atoms with Crippen LogP contribution in [0, 0.1) is 0 Å². The molecule has 3 aromatic carbocycles. The minimum atomic E-state index is -0.245. The summed E-state index contributed by atoms with van der Waals surface area (Å²) in [7, 11) is 0. The molecule has 32 heavy (non-hydrogen) atoms. The number of carbonyl (C=O) groups excluding carboxylic acids is 1. The molecular weight excluding hydrogens is 558 g/mol. The molecule has 4 rings (SSSR count). The number of nitrogens with one attached hydrogen (secondary N) is 1. The molecule has 0 atom stereocenters. The summed E-state index contributed by atoms with van der Waals surface area (Å²) in [5.41, 5.74) is 2.47. The van der Waals surface area contributed by atoms with Gasteiger partial charge in [-0.05, 0) is 79.4 Å². The van der Waals surface area contributed by atoms with Crippen molar-refractivity contribution in [2.75, 3.05) is 5.32 Å². The predicted octanol–water partition coefficient (Wildman–Crippen LogP) is 6.94. The van der Waals surface area contributed by atoms with Crippen LogP contribution in [0.2, 0.25) is 5.02 Å². The third kappa shape index (κ3) is 5.79.